The van der Waals surface area contributed by atoms with E-state index >= 15 is 0 Å². The van der Waals surface area contributed by atoms with Crippen molar-refractivity contribution in [1.82, 2.24) is 4.57 Å². The number of para-hydroxylation sites is 4. The Labute approximate surface area is 283 Å². The lowest BCUT2D eigenvalue weighted by Crippen LogP contribution is -2.12. The summed E-state index contributed by atoms with van der Waals surface area (Å²) in [6.45, 7) is 0. The largest absolute Gasteiger partial charge is 0.453 e. The maximum absolute atomic E-state index is 7.00. The summed E-state index contributed by atoms with van der Waals surface area (Å²) in [4.78, 5) is 2.43. The van der Waals surface area contributed by atoms with Gasteiger partial charge in [0.15, 0.2) is 5.58 Å². The maximum Gasteiger partial charge on any atom is 0.161 e. The van der Waals surface area contributed by atoms with Crippen LogP contribution in [0.3, 0.4) is 0 Å². The number of nitrogens with zero attached hydrogens (tertiary/aromatic N) is 2. The fourth-order valence-corrected chi connectivity index (χ4v) is 7.64. The van der Waals surface area contributed by atoms with E-state index in [-0.39, 0.29) is 0 Å². The molecule has 0 amide bonds. The zero-order valence-electron chi connectivity index (χ0n) is 26.6. The molecule has 2 aromatic heterocycles. The third-order valence-corrected chi connectivity index (χ3v) is 9.77. The van der Waals surface area contributed by atoms with Crippen molar-refractivity contribution in [2.75, 3.05) is 4.90 Å². The van der Waals surface area contributed by atoms with Crippen molar-refractivity contribution in [3.05, 3.63) is 182 Å². The van der Waals surface area contributed by atoms with Crippen LogP contribution >= 0.6 is 0 Å². The predicted molar refractivity (Wildman–Crippen MR) is 206 cm³/mol. The standard InChI is InChI=1S/C46H30N2O/c1-2-19-33(20-3-1)47-43-28-11-9-24-38(43)46-44(47)39-26-14-25-37(45(39)49-46)36-23-8-10-27-42(36)48(40-29-12-17-31-15-4-6-21-34(31)40)41-30-13-18-32-16-5-7-22-35(32)41/h1-30H. The highest BCUT2D eigenvalue weighted by Gasteiger charge is 2.25. The van der Waals surface area contributed by atoms with Crippen LogP contribution in [-0.4, -0.2) is 4.57 Å². The fraction of sp³-hybridized carbons (Fsp3) is 0. The van der Waals surface area contributed by atoms with Crippen molar-refractivity contribution < 1.29 is 4.42 Å². The molecule has 3 nitrogen and oxygen atoms in total. The zero-order chi connectivity index (χ0) is 32.3. The minimum atomic E-state index is 0.881. The van der Waals surface area contributed by atoms with Crippen LogP contribution in [0.15, 0.2) is 186 Å². The number of hydrogen-bond acceptors (Lipinski definition) is 2. The minimum absolute atomic E-state index is 0.881. The molecule has 0 atom stereocenters. The molecule has 49 heavy (non-hydrogen) atoms. The summed E-state index contributed by atoms with van der Waals surface area (Å²) in [5.74, 6) is 0. The summed E-state index contributed by atoms with van der Waals surface area (Å²) < 4.78 is 9.34. The van der Waals surface area contributed by atoms with Crippen LogP contribution in [0.25, 0.3) is 71.3 Å². The highest BCUT2D eigenvalue weighted by Crippen LogP contribution is 2.48. The fourth-order valence-electron chi connectivity index (χ4n) is 7.64. The predicted octanol–water partition coefficient (Wildman–Crippen LogP) is 13.0. The Morgan fingerprint density at radius 3 is 1.61 bits per heavy atom. The van der Waals surface area contributed by atoms with Gasteiger partial charge >= 0.3 is 0 Å². The molecule has 10 rings (SSSR count). The van der Waals surface area contributed by atoms with Gasteiger partial charge in [-0.15, -0.1) is 0 Å². The summed E-state index contributed by atoms with van der Waals surface area (Å²) in [5.41, 5.74) is 10.6. The summed E-state index contributed by atoms with van der Waals surface area (Å²) in [7, 11) is 0. The summed E-state index contributed by atoms with van der Waals surface area (Å²) in [5, 5.41) is 6.98. The van der Waals surface area contributed by atoms with E-state index in [1.165, 1.54) is 21.5 Å². The van der Waals surface area contributed by atoms with E-state index in [1.54, 1.807) is 0 Å². The van der Waals surface area contributed by atoms with E-state index in [0.717, 1.165) is 66.8 Å². The highest BCUT2D eigenvalue weighted by atomic mass is 16.3. The number of aromatic nitrogens is 1. The van der Waals surface area contributed by atoms with Crippen molar-refractivity contribution >= 4 is 71.6 Å². The van der Waals surface area contributed by atoms with Gasteiger partial charge in [0.25, 0.3) is 0 Å². The third-order valence-electron chi connectivity index (χ3n) is 9.77. The second-order valence-electron chi connectivity index (χ2n) is 12.5. The van der Waals surface area contributed by atoms with E-state index in [4.69, 9.17) is 4.42 Å². The highest BCUT2D eigenvalue weighted by molar-refractivity contribution is 6.19. The third kappa shape index (κ3) is 4.23. The second kappa shape index (κ2) is 11.0. The number of hydrogen-bond donors (Lipinski definition) is 0. The monoisotopic (exact) mass is 626 g/mol. The van der Waals surface area contributed by atoms with Gasteiger partial charge in [-0.1, -0.05) is 133 Å². The second-order valence-corrected chi connectivity index (χ2v) is 12.5. The lowest BCUT2D eigenvalue weighted by molar-refractivity contribution is 0.674. The zero-order valence-corrected chi connectivity index (χ0v) is 26.6. The van der Waals surface area contributed by atoms with Gasteiger partial charge in [-0.25, -0.2) is 0 Å². The molecule has 0 bridgehead atoms. The molecular formula is C46H30N2O. The normalized spacial score (nSPS) is 11.7. The molecule has 0 aliphatic heterocycles. The Morgan fingerprint density at radius 1 is 0.367 bits per heavy atom. The Kier molecular flexibility index (Phi) is 6.18. The Hall–Kier alpha value is -6.58. The van der Waals surface area contributed by atoms with Crippen LogP contribution in [0.4, 0.5) is 17.1 Å². The minimum Gasteiger partial charge on any atom is -0.453 e. The number of furan rings is 1. The van der Waals surface area contributed by atoms with E-state index in [2.05, 4.69) is 191 Å². The smallest absolute Gasteiger partial charge is 0.161 e. The molecule has 0 unspecified atom stereocenters. The molecule has 0 spiro atoms. The summed E-state index contributed by atoms with van der Waals surface area (Å²) in [6.07, 6.45) is 0. The number of rotatable bonds is 5. The molecule has 0 saturated heterocycles. The number of fused-ring (bicyclic) bond motifs is 7. The first-order chi connectivity index (χ1) is 24.3. The molecule has 8 aromatic carbocycles. The van der Waals surface area contributed by atoms with Crippen LogP contribution in [0.5, 0.6) is 0 Å². The molecule has 0 radical (unpaired) electrons. The molecule has 230 valence electrons. The summed E-state index contributed by atoms with van der Waals surface area (Å²) in [6, 6.07) is 64.8. The lowest BCUT2D eigenvalue weighted by Gasteiger charge is -2.30. The molecule has 0 aliphatic rings. The van der Waals surface area contributed by atoms with Crippen molar-refractivity contribution in [1.29, 1.82) is 0 Å². The molecule has 10 aromatic rings. The molecule has 0 N–H and O–H groups in total. The number of benzene rings is 8. The van der Waals surface area contributed by atoms with Gasteiger partial charge in [-0.3, -0.25) is 0 Å². The first-order valence-corrected chi connectivity index (χ1v) is 16.7. The maximum atomic E-state index is 7.00. The van der Waals surface area contributed by atoms with Gasteiger partial charge in [0.2, 0.25) is 0 Å². The average molecular weight is 627 g/mol. The van der Waals surface area contributed by atoms with E-state index in [9.17, 15) is 0 Å². The topological polar surface area (TPSA) is 21.3 Å². The quantitative estimate of drug-likeness (QED) is 0.190. The van der Waals surface area contributed by atoms with Crippen molar-refractivity contribution in [2.24, 2.45) is 0 Å². The average Bonchev–Trinajstić information content (AvgIpc) is 3.71. The summed E-state index contributed by atoms with van der Waals surface area (Å²) >= 11 is 0. The first-order valence-electron chi connectivity index (χ1n) is 16.7. The van der Waals surface area contributed by atoms with Crippen LogP contribution in [0, 0.1) is 0 Å². The van der Waals surface area contributed by atoms with Crippen LogP contribution < -0.4 is 4.90 Å². The van der Waals surface area contributed by atoms with Crippen LogP contribution in [0.2, 0.25) is 0 Å². The van der Waals surface area contributed by atoms with Crippen molar-refractivity contribution in [2.45, 2.75) is 0 Å². The lowest BCUT2D eigenvalue weighted by atomic mass is 9.98. The molecule has 3 heteroatoms. The van der Waals surface area contributed by atoms with E-state index in [1.807, 2.05) is 0 Å². The van der Waals surface area contributed by atoms with E-state index in [0.29, 0.717) is 0 Å². The Bertz CT molecular complexity index is 2750. The number of anilines is 3. The van der Waals surface area contributed by atoms with Crippen LogP contribution in [-0.2, 0) is 0 Å². The van der Waals surface area contributed by atoms with E-state index < -0.39 is 0 Å². The van der Waals surface area contributed by atoms with Crippen molar-refractivity contribution in [3.8, 4) is 16.8 Å². The van der Waals surface area contributed by atoms with Gasteiger partial charge in [0.05, 0.1) is 22.6 Å². The molecule has 0 aliphatic carbocycles. The van der Waals surface area contributed by atoms with Gasteiger partial charge in [0.1, 0.15) is 11.1 Å². The molecular weight excluding hydrogens is 597 g/mol. The Balaban J connectivity index is 1.28. The van der Waals surface area contributed by atoms with Crippen molar-refractivity contribution in [3.63, 3.8) is 0 Å². The van der Waals surface area contributed by atoms with Gasteiger partial charge in [-0.2, -0.15) is 0 Å². The molecule has 0 fully saturated rings. The SMILES string of the molecule is c1ccc(-n2c3ccccc3c3oc4c(-c5ccccc5N(c5cccc6ccccc56)c5cccc6ccccc56)cccc4c32)cc1. The van der Waals surface area contributed by atoms with Gasteiger partial charge in [-0.05, 0) is 59.3 Å². The Morgan fingerprint density at radius 2 is 0.878 bits per heavy atom. The first kappa shape index (κ1) is 27.5. The van der Waals surface area contributed by atoms with Gasteiger partial charge in [0, 0.05) is 38.4 Å². The van der Waals surface area contributed by atoms with Crippen LogP contribution in [0.1, 0.15) is 0 Å². The molecule has 2 heterocycles. The molecule has 0 saturated carbocycles. The van der Waals surface area contributed by atoms with Gasteiger partial charge < -0.3 is 13.9 Å².